The predicted molar refractivity (Wildman–Crippen MR) is 58.1 cm³/mol. The van der Waals surface area contributed by atoms with Crippen molar-refractivity contribution in [3.8, 4) is 0 Å². The highest BCUT2D eigenvalue weighted by Crippen LogP contribution is 2.17. The Morgan fingerprint density at radius 3 is 2.09 bits per heavy atom. The van der Waals surface area contributed by atoms with Gasteiger partial charge in [-0.25, -0.2) is 0 Å². The molecule has 0 heterocycles. The zero-order valence-electron chi connectivity index (χ0n) is 6.93. The Labute approximate surface area is 82.7 Å². The van der Waals surface area contributed by atoms with E-state index in [4.69, 9.17) is 0 Å². The SMILES string of the molecule is CN[C@H]1CCCC[C@@H]1O.S.S. The molecule has 1 saturated carbocycles. The third-order valence-corrected chi connectivity index (χ3v) is 2.10. The maximum atomic E-state index is 9.31. The summed E-state index contributed by atoms with van der Waals surface area (Å²) in [5.74, 6) is 0. The van der Waals surface area contributed by atoms with E-state index in [0.717, 1.165) is 12.8 Å². The number of aliphatic hydroxyl groups is 1. The van der Waals surface area contributed by atoms with Crippen molar-refractivity contribution >= 4 is 27.0 Å². The normalized spacial score (nSPS) is 30.0. The molecule has 2 N–H and O–H groups in total. The lowest BCUT2D eigenvalue weighted by Crippen LogP contribution is -2.39. The molecule has 0 aromatic heterocycles. The monoisotopic (exact) mass is 197 g/mol. The van der Waals surface area contributed by atoms with Crippen molar-refractivity contribution < 1.29 is 5.11 Å². The van der Waals surface area contributed by atoms with E-state index in [0.29, 0.717) is 6.04 Å². The van der Waals surface area contributed by atoms with Crippen LogP contribution in [0, 0.1) is 0 Å². The van der Waals surface area contributed by atoms with Crippen LogP contribution in [0.5, 0.6) is 0 Å². The number of aliphatic hydroxyl groups excluding tert-OH is 1. The molecule has 1 aliphatic rings. The lowest BCUT2D eigenvalue weighted by molar-refractivity contribution is 0.0948. The van der Waals surface area contributed by atoms with Gasteiger partial charge in [-0.3, -0.25) is 0 Å². The molecule has 1 rings (SSSR count). The van der Waals surface area contributed by atoms with Crippen LogP contribution >= 0.6 is 27.0 Å². The minimum absolute atomic E-state index is 0. The molecule has 0 saturated heterocycles. The molecule has 0 amide bonds. The van der Waals surface area contributed by atoms with Gasteiger partial charge >= 0.3 is 0 Å². The van der Waals surface area contributed by atoms with Crippen LogP contribution < -0.4 is 5.32 Å². The minimum Gasteiger partial charge on any atom is -0.392 e. The van der Waals surface area contributed by atoms with Crippen LogP contribution in [0.1, 0.15) is 25.7 Å². The predicted octanol–water partition coefficient (Wildman–Crippen LogP) is 0.735. The van der Waals surface area contributed by atoms with Crippen LogP contribution in [0.4, 0.5) is 0 Å². The van der Waals surface area contributed by atoms with Gasteiger partial charge in [0.1, 0.15) is 0 Å². The summed E-state index contributed by atoms with van der Waals surface area (Å²) in [5.41, 5.74) is 0. The summed E-state index contributed by atoms with van der Waals surface area (Å²) in [6.07, 6.45) is 4.48. The first kappa shape index (κ1) is 14.2. The lowest BCUT2D eigenvalue weighted by atomic mass is 9.93. The standard InChI is InChI=1S/C7H15NO.2H2S/c1-8-6-4-2-3-5-7(6)9;;/h6-9H,2-5H2,1H3;2*1H2/t6-,7-;;/m0../s1. The fourth-order valence-electron chi connectivity index (χ4n) is 1.45. The van der Waals surface area contributed by atoms with E-state index in [1.54, 1.807) is 0 Å². The van der Waals surface area contributed by atoms with Crippen LogP contribution in [0.15, 0.2) is 0 Å². The Morgan fingerprint density at radius 1 is 1.18 bits per heavy atom. The number of nitrogens with one attached hydrogen (secondary N) is 1. The molecule has 0 unspecified atom stereocenters. The summed E-state index contributed by atoms with van der Waals surface area (Å²) in [6, 6.07) is 0.360. The molecule has 1 aliphatic carbocycles. The first-order valence-electron chi connectivity index (χ1n) is 3.70. The van der Waals surface area contributed by atoms with Crippen LogP contribution in [0.2, 0.25) is 0 Å². The summed E-state index contributed by atoms with van der Waals surface area (Å²) < 4.78 is 0. The van der Waals surface area contributed by atoms with E-state index >= 15 is 0 Å². The van der Waals surface area contributed by atoms with E-state index < -0.39 is 0 Å². The number of hydrogen-bond acceptors (Lipinski definition) is 2. The Bertz CT molecular complexity index is 92.5. The van der Waals surface area contributed by atoms with Gasteiger partial charge in [0.2, 0.25) is 0 Å². The molecule has 2 atom stereocenters. The third kappa shape index (κ3) is 4.25. The summed E-state index contributed by atoms with van der Waals surface area (Å²) in [7, 11) is 1.92. The van der Waals surface area contributed by atoms with Gasteiger partial charge in [-0.1, -0.05) is 12.8 Å². The van der Waals surface area contributed by atoms with Crippen molar-refractivity contribution in [1.29, 1.82) is 0 Å². The van der Waals surface area contributed by atoms with Crippen LogP contribution in [0.25, 0.3) is 0 Å². The molecule has 1 fully saturated rings. The van der Waals surface area contributed by atoms with Crippen molar-refractivity contribution in [3.05, 3.63) is 0 Å². The zero-order valence-corrected chi connectivity index (χ0v) is 8.93. The largest absolute Gasteiger partial charge is 0.392 e. The Kier molecular flexibility index (Phi) is 9.37. The lowest BCUT2D eigenvalue weighted by Gasteiger charge is -2.26. The topological polar surface area (TPSA) is 32.3 Å². The van der Waals surface area contributed by atoms with E-state index in [-0.39, 0.29) is 33.1 Å². The summed E-state index contributed by atoms with van der Waals surface area (Å²) in [5, 5.41) is 12.4. The van der Waals surface area contributed by atoms with Crippen molar-refractivity contribution in [2.75, 3.05) is 7.05 Å². The molecule has 0 bridgehead atoms. The molecule has 0 aromatic rings. The molecule has 0 aromatic carbocycles. The van der Waals surface area contributed by atoms with Crippen LogP contribution in [-0.2, 0) is 0 Å². The summed E-state index contributed by atoms with van der Waals surface area (Å²) >= 11 is 0. The Balaban J connectivity index is 0. The average Bonchev–Trinajstić information content (AvgIpc) is 1.89. The van der Waals surface area contributed by atoms with Crippen molar-refractivity contribution in [2.45, 2.75) is 37.8 Å². The van der Waals surface area contributed by atoms with E-state index in [1.165, 1.54) is 12.8 Å². The second-order valence-corrected chi connectivity index (χ2v) is 2.75. The highest BCUT2D eigenvalue weighted by atomic mass is 32.1. The molecule has 0 aliphatic heterocycles. The second-order valence-electron chi connectivity index (χ2n) is 2.75. The second kappa shape index (κ2) is 7.28. The molecule has 0 spiro atoms. The van der Waals surface area contributed by atoms with Crippen LogP contribution in [0.3, 0.4) is 0 Å². The Morgan fingerprint density at radius 2 is 1.73 bits per heavy atom. The van der Waals surface area contributed by atoms with Crippen LogP contribution in [-0.4, -0.2) is 24.3 Å². The van der Waals surface area contributed by atoms with Gasteiger partial charge in [-0.15, -0.1) is 0 Å². The first-order valence-corrected chi connectivity index (χ1v) is 3.70. The van der Waals surface area contributed by atoms with Gasteiger partial charge in [0, 0.05) is 6.04 Å². The third-order valence-electron chi connectivity index (χ3n) is 2.10. The van der Waals surface area contributed by atoms with Crippen molar-refractivity contribution in [2.24, 2.45) is 0 Å². The van der Waals surface area contributed by atoms with Gasteiger partial charge in [-0.05, 0) is 19.9 Å². The molecule has 0 radical (unpaired) electrons. The summed E-state index contributed by atoms with van der Waals surface area (Å²) in [4.78, 5) is 0. The molecule has 2 nitrogen and oxygen atoms in total. The van der Waals surface area contributed by atoms with E-state index in [9.17, 15) is 5.11 Å². The van der Waals surface area contributed by atoms with Crippen molar-refractivity contribution in [1.82, 2.24) is 5.32 Å². The number of likely N-dealkylation sites (N-methyl/N-ethyl adjacent to an activating group) is 1. The van der Waals surface area contributed by atoms with E-state index in [2.05, 4.69) is 5.32 Å². The molecule has 70 valence electrons. The van der Waals surface area contributed by atoms with E-state index in [1.807, 2.05) is 7.05 Å². The quantitative estimate of drug-likeness (QED) is 0.650. The molecular formula is C7H19NOS2. The number of hydrogen-bond donors (Lipinski definition) is 2. The first-order chi connectivity index (χ1) is 4.34. The maximum Gasteiger partial charge on any atom is 0.0693 e. The number of rotatable bonds is 1. The van der Waals surface area contributed by atoms with Gasteiger partial charge in [0.05, 0.1) is 6.10 Å². The van der Waals surface area contributed by atoms with Gasteiger partial charge in [0.15, 0.2) is 0 Å². The average molecular weight is 197 g/mol. The maximum absolute atomic E-state index is 9.31. The zero-order chi connectivity index (χ0) is 6.69. The summed E-state index contributed by atoms with van der Waals surface area (Å²) in [6.45, 7) is 0. The van der Waals surface area contributed by atoms with Gasteiger partial charge < -0.3 is 10.4 Å². The minimum atomic E-state index is -0.0938. The fraction of sp³-hybridized carbons (Fsp3) is 1.00. The highest BCUT2D eigenvalue weighted by molar-refractivity contribution is 7.59. The molecule has 11 heavy (non-hydrogen) atoms. The molecular weight excluding hydrogens is 178 g/mol. The van der Waals surface area contributed by atoms with Gasteiger partial charge in [-0.2, -0.15) is 27.0 Å². The smallest absolute Gasteiger partial charge is 0.0693 e. The highest BCUT2D eigenvalue weighted by Gasteiger charge is 2.20. The van der Waals surface area contributed by atoms with Gasteiger partial charge in [0.25, 0.3) is 0 Å². The van der Waals surface area contributed by atoms with Crippen molar-refractivity contribution in [3.63, 3.8) is 0 Å². The fourth-order valence-corrected chi connectivity index (χ4v) is 1.45. The Hall–Kier alpha value is 0.620. The molecule has 4 heteroatoms.